The topological polar surface area (TPSA) is 91.4 Å². The van der Waals surface area contributed by atoms with Crippen LogP contribution in [0.25, 0.3) is 16.9 Å². The molecule has 0 radical (unpaired) electrons. The SMILES string of the molecule is CCC(=O)c1cc(-c2ccc3c(c2)CCC(C)(C)O3)n(-c2ccccc2S(N)(=O)=O)c1C. The van der Waals surface area contributed by atoms with E-state index in [-0.39, 0.29) is 16.3 Å². The number of carbonyl (C=O) groups is 1. The van der Waals surface area contributed by atoms with Crippen LogP contribution in [0.3, 0.4) is 0 Å². The van der Waals surface area contributed by atoms with Crippen LogP contribution in [0.5, 0.6) is 5.75 Å². The molecule has 7 heteroatoms. The molecule has 2 N–H and O–H groups in total. The van der Waals surface area contributed by atoms with Gasteiger partial charge in [0.25, 0.3) is 0 Å². The number of benzene rings is 2. The summed E-state index contributed by atoms with van der Waals surface area (Å²) in [5.41, 5.74) is 4.18. The Morgan fingerprint density at radius 2 is 1.88 bits per heavy atom. The van der Waals surface area contributed by atoms with E-state index in [0.29, 0.717) is 23.4 Å². The average molecular weight is 453 g/mol. The number of hydrogen-bond acceptors (Lipinski definition) is 4. The number of carbonyl (C=O) groups excluding carboxylic acids is 1. The lowest BCUT2D eigenvalue weighted by molar-refractivity contribution is 0.0847. The summed E-state index contributed by atoms with van der Waals surface area (Å²) in [4.78, 5) is 12.7. The maximum Gasteiger partial charge on any atom is 0.240 e. The van der Waals surface area contributed by atoms with Crippen molar-refractivity contribution in [2.75, 3.05) is 0 Å². The Balaban J connectivity index is 1.96. The van der Waals surface area contributed by atoms with Gasteiger partial charge in [-0.2, -0.15) is 0 Å². The van der Waals surface area contributed by atoms with E-state index in [4.69, 9.17) is 9.88 Å². The molecule has 0 spiro atoms. The van der Waals surface area contributed by atoms with Crippen molar-refractivity contribution >= 4 is 15.8 Å². The molecule has 6 nitrogen and oxygen atoms in total. The van der Waals surface area contributed by atoms with Gasteiger partial charge in [-0.1, -0.05) is 19.1 Å². The molecular formula is C25H28N2O4S. The second-order valence-corrected chi connectivity index (χ2v) is 10.4. The van der Waals surface area contributed by atoms with E-state index in [9.17, 15) is 13.2 Å². The summed E-state index contributed by atoms with van der Waals surface area (Å²) in [5, 5.41) is 5.52. The normalized spacial score (nSPS) is 15.2. The summed E-state index contributed by atoms with van der Waals surface area (Å²) < 4.78 is 32.6. The summed E-state index contributed by atoms with van der Waals surface area (Å²) in [6.07, 6.45) is 2.13. The number of fused-ring (bicyclic) bond motifs is 1. The highest BCUT2D eigenvalue weighted by atomic mass is 32.2. The van der Waals surface area contributed by atoms with E-state index < -0.39 is 10.0 Å². The molecule has 2 aromatic carbocycles. The van der Waals surface area contributed by atoms with Crippen molar-refractivity contribution in [3.63, 3.8) is 0 Å². The molecule has 0 fully saturated rings. The lowest BCUT2D eigenvalue weighted by Crippen LogP contribution is -2.32. The third kappa shape index (κ3) is 3.98. The maximum atomic E-state index is 12.7. The van der Waals surface area contributed by atoms with Crippen molar-refractivity contribution in [1.29, 1.82) is 0 Å². The molecule has 3 aromatic rings. The molecule has 1 aliphatic rings. The highest BCUT2D eigenvalue weighted by Gasteiger charge is 2.28. The highest BCUT2D eigenvalue weighted by molar-refractivity contribution is 7.89. The van der Waals surface area contributed by atoms with Crippen molar-refractivity contribution in [1.82, 2.24) is 4.57 Å². The lowest BCUT2D eigenvalue weighted by Gasteiger charge is -2.32. The summed E-state index contributed by atoms with van der Waals surface area (Å²) in [6.45, 7) is 7.79. The van der Waals surface area contributed by atoms with Gasteiger partial charge in [-0.15, -0.1) is 0 Å². The Labute approximate surface area is 189 Å². The number of hydrogen-bond donors (Lipinski definition) is 1. The molecule has 0 unspecified atom stereocenters. The molecule has 0 bridgehead atoms. The number of nitrogens with two attached hydrogens (primary N) is 1. The number of ether oxygens (including phenoxy) is 1. The Kier molecular flexibility index (Phi) is 5.51. The van der Waals surface area contributed by atoms with Crippen LogP contribution in [0.2, 0.25) is 0 Å². The van der Waals surface area contributed by atoms with Crippen molar-refractivity contribution in [3.8, 4) is 22.7 Å². The zero-order valence-corrected chi connectivity index (χ0v) is 19.6. The molecular weight excluding hydrogens is 424 g/mol. The van der Waals surface area contributed by atoms with E-state index in [1.165, 1.54) is 6.07 Å². The molecule has 4 rings (SSSR count). The predicted molar refractivity (Wildman–Crippen MR) is 125 cm³/mol. The highest BCUT2D eigenvalue weighted by Crippen LogP contribution is 2.38. The van der Waals surface area contributed by atoms with Gasteiger partial charge in [-0.25, -0.2) is 13.6 Å². The fourth-order valence-electron chi connectivity index (χ4n) is 4.30. The molecule has 1 aromatic heterocycles. The third-order valence-corrected chi connectivity index (χ3v) is 6.98. The van der Waals surface area contributed by atoms with Crippen LogP contribution in [0.4, 0.5) is 0 Å². The van der Waals surface area contributed by atoms with Crippen LogP contribution in [0.15, 0.2) is 53.4 Å². The van der Waals surface area contributed by atoms with Crippen molar-refractivity contribution in [3.05, 3.63) is 65.4 Å². The molecule has 0 aliphatic carbocycles. The van der Waals surface area contributed by atoms with Gasteiger partial charge in [-0.05, 0) is 81.1 Å². The second kappa shape index (κ2) is 7.90. The van der Waals surface area contributed by atoms with Crippen LogP contribution < -0.4 is 9.88 Å². The molecule has 0 saturated carbocycles. The monoisotopic (exact) mass is 452 g/mol. The number of rotatable bonds is 5. The number of aromatic nitrogens is 1. The van der Waals surface area contributed by atoms with E-state index in [1.54, 1.807) is 18.2 Å². The number of nitrogens with zero attached hydrogens (tertiary/aromatic N) is 1. The fourth-order valence-corrected chi connectivity index (χ4v) is 5.02. The fraction of sp³-hybridized carbons (Fsp3) is 0.320. The first-order valence-electron chi connectivity index (χ1n) is 10.7. The van der Waals surface area contributed by atoms with Gasteiger partial charge >= 0.3 is 0 Å². The smallest absolute Gasteiger partial charge is 0.240 e. The van der Waals surface area contributed by atoms with Crippen molar-refractivity contribution in [2.45, 2.75) is 57.5 Å². The molecule has 0 atom stereocenters. The average Bonchev–Trinajstić information content (AvgIpc) is 3.08. The zero-order chi connectivity index (χ0) is 23.3. The first kappa shape index (κ1) is 22.3. The van der Waals surface area contributed by atoms with E-state index in [0.717, 1.165) is 35.4 Å². The van der Waals surface area contributed by atoms with Crippen LogP contribution in [0.1, 0.15) is 55.2 Å². The lowest BCUT2D eigenvalue weighted by atomic mass is 9.93. The minimum absolute atomic E-state index is 0.00127. The minimum atomic E-state index is -3.97. The van der Waals surface area contributed by atoms with Gasteiger partial charge < -0.3 is 9.30 Å². The second-order valence-electron chi connectivity index (χ2n) is 8.84. The van der Waals surface area contributed by atoms with Gasteiger partial charge in [0, 0.05) is 17.7 Å². The summed E-state index contributed by atoms with van der Waals surface area (Å²) in [6, 6.07) is 14.4. The Morgan fingerprint density at radius 1 is 1.16 bits per heavy atom. The maximum absolute atomic E-state index is 12.7. The molecule has 168 valence electrons. The van der Waals surface area contributed by atoms with Gasteiger partial charge in [0.2, 0.25) is 10.0 Å². The van der Waals surface area contributed by atoms with Crippen molar-refractivity contribution < 1.29 is 17.9 Å². The number of sulfonamides is 1. The van der Waals surface area contributed by atoms with E-state index in [1.807, 2.05) is 36.6 Å². The Hall–Kier alpha value is -2.90. The number of aryl methyl sites for hydroxylation is 1. The van der Waals surface area contributed by atoms with Gasteiger partial charge in [0.05, 0.1) is 11.4 Å². The van der Waals surface area contributed by atoms with Crippen LogP contribution in [-0.4, -0.2) is 24.4 Å². The standard InChI is InChI=1S/C25H28N2O4S/c1-5-22(28)19-15-21(17-10-11-23-18(14-17)12-13-25(3,4)31-23)27(16(19)2)20-8-6-7-9-24(20)32(26,29)30/h6-11,14-15H,5,12-13H2,1-4H3,(H2,26,29,30). The van der Waals surface area contributed by atoms with E-state index in [2.05, 4.69) is 19.9 Å². The Bertz CT molecular complexity index is 1320. The first-order valence-corrected chi connectivity index (χ1v) is 12.3. The minimum Gasteiger partial charge on any atom is -0.488 e. The van der Waals surface area contributed by atoms with Gasteiger partial charge in [0.15, 0.2) is 5.78 Å². The van der Waals surface area contributed by atoms with Crippen molar-refractivity contribution in [2.24, 2.45) is 5.14 Å². The number of Topliss-reactive ketones (excluding diaryl/α,β-unsaturated/α-hetero) is 1. The molecule has 1 aliphatic heterocycles. The molecule has 0 saturated heterocycles. The molecule has 32 heavy (non-hydrogen) atoms. The Morgan fingerprint density at radius 3 is 2.56 bits per heavy atom. The van der Waals surface area contributed by atoms with Gasteiger partial charge in [-0.3, -0.25) is 4.79 Å². The van der Waals surface area contributed by atoms with E-state index >= 15 is 0 Å². The number of primary sulfonamides is 1. The largest absolute Gasteiger partial charge is 0.488 e. The summed E-state index contributed by atoms with van der Waals surface area (Å²) in [7, 11) is -3.97. The molecule has 2 heterocycles. The zero-order valence-electron chi connectivity index (χ0n) is 18.8. The predicted octanol–water partition coefficient (Wildman–Crippen LogP) is 4.80. The first-order chi connectivity index (χ1) is 15.0. The van der Waals surface area contributed by atoms with Crippen LogP contribution in [0, 0.1) is 6.92 Å². The van der Waals surface area contributed by atoms with Crippen LogP contribution in [-0.2, 0) is 16.4 Å². The van der Waals surface area contributed by atoms with Gasteiger partial charge in [0.1, 0.15) is 16.2 Å². The number of para-hydroxylation sites is 1. The molecule has 0 amide bonds. The van der Waals surface area contributed by atoms with Crippen LogP contribution >= 0.6 is 0 Å². The third-order valence-electron chi connectivity index (χ3n) is 6.02. The summed E-state index contributed by atoms with van der Waals surface area (Å²) in [5.74, 6) is 0.855. The number of ketones is 1. The quantitative estimate of drug-likeness (QED) is 0.563. The summed E-state index contributed by atoms with van der Waals surface area (Å²) >= 11 is 0.